The topological polar surface area (TPSA) is 64.0 Å². The minimum atomic E-state index is -4.57. The molecular weight excluding hydrogens is 379 g/mol. The number of hydrogen-bond donors (Lipinski definition) is 1. The maximum absolute atomic E-state index is 13.0. The van der Waals surface area contributed by atoms with Gasteiger partial charge in [0, 0.05) is 7.05 Å². The van der Waals surface area contributed by atoms with Gasteiger partial charge in [0.25, 0.3) is 5.56 Å². The van der Waals surface area contributed by atoms with Crippen LogP contribution in [0.15, 0.2) is 58.5 Å². The smallest absolute Gasteiger partial charge is 0.325 e. The Balaban J connectivity index is 1.77. The summed E-state index contributed by atoms with van der Waals surface area (Å²) in [6.07, 6.45) is -4.57. The van der Waals surface area contributed by atoms with E-state index in [9.17, 15) is 22.8 Å². The molecule has 140 valence electrons. The highest BCUT2D eigenvalue weighted by Gasteiger charge is 2.33. The van der Waals surface area contributed by atoms with Gasteiger partial charge >= 0.3 is 6.18 Å². The first kappa shape index (κ1) is 19.0. The highest BCUT2D eigenvalue weighted by Crippen LogP contribution is 2.34. The Kier molecular flexibility index (Phi) is 5.22. The average molecular weight is 393 g/mol. The Morgan fingerprint density at radius 1 is 1.15 bits per heavy atom. The molecule has 5 nitrogen and oxygen atoms in total. The molecule has 0 radical (unpaired) electrons. The minimum Gasteiger partial charge on any atom is -0.325 e. The van der Waals surface area contributed by atoms with Gasteiger partial charge in [-0.1, -0.05) is 36.0 Å². The third kappa shape index (κ3) is 4.13. The van der Waals surface area contributed by atoms with Crippen LogP contribution in [0.5, 0.6) is 0 Å². The van der Waals surface area contributed by atoms with Gasteiger partial charge < -0.3 is 5.32 Å². The molecule has 1 amide bonds. The Bertz CT molecular complexity index is 1060. The van der Waals surface area contributed by atoms with Crippen LogP contribution >= 0.6 is 11.8 Å². The summed E-state index contributed by atoms with van der Waals surface area (Å²) >= 11 is 0.975. The van der Waals surface area contributed by atoms with Gasteiger partial charge in [0.2, 0.25) is 5.91 Å². The quantitative estimate of drug-likeness (QED) is 0.543. The number of nitrogens with one attached hydrogen (secondary N) is 1. The fourth-order valence-corrected chi connectivity index (χ4v) is 3.25. The Labute approximate surface area is 156 Å². The predicted octanol–water partition coefficient (Wildman–Crippen LogP) is 3.68. The Morgan fingerprint density at radius 3 is 2.56 bits per heavy atom. The Morgan fingerprint density at radius 2 is 1.81 bits per heavy atom. The van der Waals surface area contributed by atoms with Crippen molar-refractivity contribution in [2.75, 3.05) is 11.1 Å². The molecule has 0 aliphatic carbocycles. The first-order valence-corrected chi connectivity index (χ1v) is 8.80. The fraction of sp³-hybridized carbons (Fsp3) is 0.167. The van der Waals surface area contributed by atoms with Crippen molar-refractivity contribution in [2.45, 2.75) is 11.3 Å². The number of carbonyl (C=O) groups is 1. The van der Waals surface area contributed by atoms with E-state index >= 15 is 0 Å². The van der Waals surface area contributed by atoms with E-state index < -0.39 is 17.6 Å². The zero-order valence-electron chi connectivity index (χ0n) is 14.1. The van der Waals surface area contributed by atoms with Crippen molar-refractivity contribution in [3.8, 4) is 0 Å². The van der Waals surface area contributed by atoms with E-state index in [0.717, 1.165) is 17.8 Å². The number of carbonyl (C=O) groups excluding carboxylic acids is 1. The second-order valence-electron chi connectivity index (χ2n) is 5.66. The van der Waals surface area contributed by atoms with Crippen LogP contribution < -0.4 is 10.9 Å². The molecule has 27 heavy (non-hydrogen) atoms. The van der Waals surface area contributed by atoms with Gasteiger partial charge in [0.05, 0.1) is 27.9 Å². The van der Waals surface area contributed by atoms with Crippen LogP contribution in [0.25, 0.3) is 10.9 Å². The number of rotatable bonds is 4. The van der Waals surface area contributed by atoms with Crippen LogP contribution in [-0.2, 0) is 18.0 Å². The molecule has 0 saturated heterocycles. The molecule has 0 aliphatic rings. The molecule has 0 saturated carbocycles. The first-order chi connectivity index (χ1) is 12.8. The van der Waals surface area contributed by atoms with Gasteiger partial charge in [-0.15, -0.1) is 0 Å². The molecule has 0 aliphatic heterocycles. The SMILES string of the molecule is Cn1c(SCC(=O)Nc2ccccc2C(F)(F)F)nc2ccccc2c1=O. The van der Waals surface area contributed by atoms with Crippen LogP contribution in [0.3, 0.4) is 0 Å². The molecule has 1 heterocycles. The highest BCUT2D eigenvalue weighted by atomic mass is 32.2. The summed E-state index contributed by atoms with van der Waals surface area (Å²) in [6, 6.07) is 11.6. The molecule has 3 aromatic rings. The number of alkyl halides is 3. The largest absolute Gasteiger partial charge is 0.418 e. The van der Waals surface area contributed by atoms with Crippen LogP contribution in [-0.4, -0.2) is 21.2 Å². The molecular formula is C18H14F3N3O2S. The monoisotopic (exact) mass is 393 g/mol. The predicted molar refractivity (Wildman–Crippen MR) is 97.8 cm³/mol. The van der Waals surface area contributed by atoms with Gasteiger partial charge in [-0.2, -0.15) is 13.2 Å². The van der Waals surface area contributed by atoms with E-state index in [1.807, 2.05) is 0 Å². The number of fused-ring (bicyclic) bond motifs is 1. The van der Waals surface area contributed by atoms with E-state index in [4.69, 9.17) is 0 Å². The zero-order valence-corrected chi connectivity index (χ0v) is 14.9. The number of hydrogen-bond acceptors (Lipinski definition) is 4. The van der Waals surface area contributed by atoms with Crippen molar-refractivity contribution < 1.29 is 18.0 Å². The summed E-state index contributed by atoms with van der Waals surface area (Å²) in [5, 5.41) is 3.02. The van der Waals surface area contributed by atoms with Gasteiger partial charge in [0.1, 0.15) is 0 Å². The van der Waals surface area contributed by atoms with Crippen LogP contribution in [0, 0.1) is 0 Å². The lowest BCUT2D eigenvalue weighted by molar-refractivity contribution is -0.137. The lowest BCUT2D eigenvalue weighted by atomic mass is 10.1. The molecule has 0 atom stereocenters. The maximum atomic E-state index is 13.0. The molecule has 9 heteroatoms. The molecule has 0 spiro atoms. The number of aromatic nitrogens is 2. The van der Waals surface area contributed by atoms with Crippen molar-refractivity contribution in [1.29, 1.82) is 0 Å². The summed E-state index contributed by atoms with van der Waals surface area (Å²) < 4.78 is 40.3. The number of amides is 1. The lowest BCUT2D eigenvalue weighted by Crippen LogP contribution is -2.22. The summed E-state index contributed by atoms with van der Waals surface area (Å²) in [5.74, 6) is -0.815. The molecule has 0 bridgehead atoms. The summed E-state index contributed by atoms with van der Waals surface area (Å²) in [7, 11) is 1.53. The number of nitrogens with zero attached hydrogens (tertiary/aromatic N) is 2. The molecule has 3 rings (SSSR count). The van der Waals surface area contributed by atoms with Crippen LogP contribution in [0.4, 0.5) is 18.9 Å². The van der Waals surface area contributed by atoms with Gasteiger partial charge in [-0.25, -0.2) is 4.98 Å². The van der Waals surface area contributed by atoms with Crippen molar-refractivity contribution in [1.82, 2.24) is 9.55 Å². The fourth-order valence-electron chi connectivity index (χ4n) is 2.48. The molecule has 2 aromatic carbocycles. The van der Waals surface area contributed by atoms with Crippen molar-refractivity contribution in [2.24, 2.45) is 7.05 Å². The van der Waals surface area contributed by atoms with Crippen LogP contribution in [0.1, 0.15) is 5.56 Å². The minimum absolute atomic E-state index is 0.190. The van der Waals surface area contributed by atoms with E-state index in [0.29, 0.717) is 16.1 Å². The standard InChI is InChI=1S/C18H14F3N3O2S/c1-24-16(26)11-6-2-4-8-13(11)23-17(24)27-10-15(25)22-14-9-5-3-7-12(14)18(19,20)21/h2-9H,10H2,1H3,(H,22,25). The van der Waals surface area contributed by atoms with E-state index in [1.54, 1.807) is 24.3 Å². The molecule has 1 aromatic heterocycles. The second kappa shape index (κ2) is 7.43. The van der Waals surface area contributed by atoms with E-state index in [1.165, 1.54) is 29.8 Å². The number of benzene rings is 2. The molecule has 0 fully saturated rings. The van der Waals surface area contributed by atoms with Crippen molar-refractivity contribution >= 4 is 34.3 Å². The Hall–Kier alpha value is -2.81. The summed E-state index contributed by atoms with van der Waals surface area (Å²) in [6.45, 7) is 0. The maximum Gasteiger partial charge on any atom is 0.418 e. The van der Waals surface area contributed by atoms with E-state index in [2.05, 4.69) is 10.3 Å². The first-order valence-electron chi connectivity index (χ1n) is 7.82. The second-order valence-corrected chi connectivity index (χ2v) is 6.60. The van der Waals surface area contributed by atoms with Gasteiger partial charge in [-0.05, 0) is 24.3 Å². The third-order valence-corrected chi connectivity index (χ3v) is 4.81. The molecule has 1 N–H and O–H groups in total. The molecule has 0 unspecified atom stereocenters. The number of halogens is 3. The average Bonchev–Trinajstić information content (AvgIpc) is 2.63. The highest BCUT2D eigenvalue weighted by molar-refractivity contribution is 7.99. The number of para-hydroxylation sites is 2. The van der Waals surface area contributed by atoms with Crippen LogP contribution in [0.2, 0.25) is 0 Å². The normalized spacial score (nSPS) is 11.6. The van der Waals surface area contributed by atoms with Gasteiger partial charge in [-0.3, -0.25) is 14.2 Å². The number of anilines is 1. The van der Waals surface area contributed by atoms with Gasteiger partial charge in [0.15, 0.2) is 5.16 Å². The number of thioether (sulfide) groups is 1. The lowest BCUT2D eigenvalue weighted by Gasteiger charge is -2.13. The third-order valence-electron chi connectivity index (χ3n) is 3.78. The van der Waals surface area contributed by atoms with Crippen molar-refractivity contribution in [3.05, 3.63) is 64.4 Å². The van der Waals surface area contributed by atoms with Crippen molar-refractivity contribution in [3.63, 3.8) is 0 Å². The van der Waals surface area contributed by atoms with E-state index in [-0.39, 0.29) is 17.0 Å². The zero-order chi connectivity index (χ0) is 19.6. The summed E-state index contributed by atoms with van der Waals surface area (Å²) in [4.78, 5) is 28.8. The summed E-state index contributed by atoms with van der Waals surface area (Å²) in [5.41, 5.74) is -0.993.